The lowest BCUT2D eigenvalue weighted by Gasteiger charge is -2.08. The van der Waals surface area contributed by atoms with Crippen LogP contribution < -0.4 is 20.4 Å². The molecule has 0 unspecified atom stereocenters. The van der Waals surface area contributed by atoms with E-state index in [1.54, 1.807) is 13.0 Å². The average molecular weight is 357 g/mol. The maximum atomic E-state index is 12.5. The Bertz CT molecular complexity index is 1060. The number of benzene rings is 1. The van der Waals surface area contributed by atoms with E-state index in [9.17, 15) is 9.59 Å². The Hall–Kier alpha value is -2.54. The Labute approximate surface area is 148 Å². The van der Waals surface area contributed by atoms with Crippen LogP contribution in [0, 0.1) is 6.92 Å². The van der Waals surface area contributed by atoms with Crippen LogP contribution in [0.1, 0.15) is 37.4 Å². The number of aromatic nitrogens is 3. The largest absolute Gasteiger partial charge is 0.493 e. The summed E-state index contributed by atoms with van der Waals surface area (Å²) in [5.74, 6) is 0.738. The van der Waals surface area contributed by atoms with Crippen molar-refractivity contribution in [3.63, 3.8) is 0 Å². The van der Waals surface area contributed by atoms with Crippen LogP contribution in [0.2, 0.25) is 0 Å². The molecule has 130 valence electrons. The Kier molecular flexibility index (Phi) is 5.23. The highest BCUT2D eigenvalue weighted by atomic mass is 32.1. The van der Waals surface area contributed by atoms with Gasteiger partial charge in [-0.2, -0.15) is 14.6 Å². The molecular weight excluding hydrogens is 338 g/mol. The molecule has 0 fully saturated rings. The van der Waals surface area contributed by atoms with Crippen molar-refractivity contribution in [1.82, 2.24) is 14.6 Å². The van der Waals surface area contributed by atoms with Crippen LogP contribution in [0.15, 0.2) is 33.9 Å². The summed E-state index contributed by atoms with van der Waals surface area (Å²) in [5.41, 5.74) is 0.338. The SMILES string of the molecule is CCCCCOc1ccccc1C=c1sc2nc(=O)c(C)nn2c1=O. The van der Waals surface area contributed by atoms with Gasteiger partial charge in [0.15, 0.2) is 0 Å². The Balaban J connectivity index is 2.01. The number of thiazole rings is 1. The lowest BCUT2D eigenvalue weighted by atomic mass is 10.2. The van der Waals surface area contributed by atoms with E-state index in [-0.39, 0.29) is 11.3 Å². The summed E-state index contributed by atoms with van der Waals surface area (Å²) in [5, 5.41) is 4.02. The molecule has 0 radical (unpaired) electrons. The second-order valence-corrected chi connectivity index (χ2v) is 6.72. The molecule has 0 N–H and O–H groups in total. The van der Waals surface area contributed by atoms with Crippen LogP contribution in [0.3, 0.4) is 0 Å². The van der Waals surface area contributed by atoms with Gasteiger partial charge in [0.25, 0.3) is 11.1 Å². The standard InChI is InChI=1S/C18H19N3O3S/c1-3-4-7-10-24-14-9-6-5-8-13(14)11-15-17(23)21-18(25-15)19-16(22)12(2)20-21/h5-6,8-9,11H,3-4,7,10H2,1-2H3. The number of hydrogen-bond donors (Lipinski definition) is 0. The van der Waals surface area contributed by atoms with Gasteiger partial charge in [-0.15, -0.1) is 0 Å². The van der Waals surface area contributed by atoms with Crippen LogP contribution in [-0.4, -0.2) is 21.2 Å². The van der Waals surface area contributed by atoms with Crippen molar-refractivity contribution in [3.8, 4) is 5.75 Å². The minimum atomic E-state index is -0.410. The number of para-hydroxylation sites is 1. The van der Waals surface area contributed by atoms with E-state index < -0.39 is 5.56 Å². The van der Waals surface area contributed by atoms with Crippen LogP contribution in [-0.2, 0) is 0 Å². The van der Waals surface area contributed by atoms with Crippen LogP contribution in [0.5, 0.6) is 5.75 Å². The van der Waals surface area contributed by atoms with Crippen LogP contribution >= 0.6 is 11.3 Å². The summed E-state index contributed by atoms with van der Waals surface area (Å²) in [6, 6.07) is 7.58. The third kappa shape index (κ3) is 3.76. The fourth-order valence-electron chi connectivity index (χ4n) is 2.39. The summed E-state index contributed by atoms with van der Waals surface area (Å²) in [7, 11) is 0. The van der Waals surface area contributed by atoms with Crippen LogP contribution in [0.25, 0.3) is 11.0 Å². The quantitative estimate of drug-likeness (QED) is 0.630. The summed E-state index contributed by atoms with van der Waals surface area (Å²) in [6.45, 7) is 4.33. The minimum Gasteiger partial charge on any atom is -0.493 e. The Morgan fingerprint density at radius 3 is 2.84 bits per heavy atom. The first-order chi connectivity index (χ1) is 12.1. The molecule has 7 heteroatoms. The highest BCUT2D eigenvalue weighted by molar-refractivity contribution is 7.15. The lowest BCUT2D eigenvalue weighted by molar-refractivity contribution is 0.305. The molecule has 0 saturated heterocycles. The van der Waals surface area contributed by atoms with E-state index in [4.69, 9.17) is 4.74 Å². The molecule has 0 aliphatic rings. The number of rotatable bonds is 6. The topological polar surface area (TPSA) is 73.6 Å². The van der Waals surface area contributed by atoms with Gasteiger partial charge in [0.05, 0.1) is 11.1 Å². The van der Waals surface area contributed by atoms with Crippen molar-refractivity contribution in [2.75, 3.05) is 6.61 Å². The molecule has 2 heterocycles. The maximum absolute atomic E-state index is 12.5. The molecule has 3 aromatic rings. The smallest absolute Gasteiger partial charge is 0.295 e. The molecule has 0 saturated carbocycles. The van der Waals surface area contributed by atoms with Gasteiger partial charge < -0.3 is 4.74 Å². The second kappa shape index (κ2) is 7.57. The molecule has 6 nitrogen and oxygen atoms in total. The van der Waals surface area contributed by atoms with Crippen molar-refractivity contribution < 1.29 is 4.74 Å². The van der Waals surface area contributed by atoms with Gasteiger partial charge in [-0.3, -0.25) is 9.59 Å². The molecular formula is C18H19N3O3S. The van der Waals surface area contributed by atoms with E-state index in [0.29, 0.717) is 16.1 Å². The predicted molar refractivity (Wildman–Crippen MR) is 98.4 cm³/mol. The summed E-state index contributed by atoms with van der Waals surface area (Å²) >= 11 is 1.15. The van der Waals surface area contributed by atoms with Crippen molar-refractivity contribution >= 4 is 22.4 Å². The third-order valence-corrected chi connectivity index (χ3v) is 4.71. The van der Waals surface area contributed by atoms with Gasteiger partial charge in [-0.25, -0.2) is 0 Å². The number of fused-ring (bicyclic) bond motifs is 1. The summed E-state index contributed by atoms with van der Waals surface area (Å²) in [4.78, 5) is 28.3. The normalized spacial score (nSPS) is 12.0. The zero-order valence-corrected chi connectivity index (χ0v) is 15.0. The van der Waals surface area contributed by atoms with E-state index in [1.807, 2.05) is 24.3 Å². The van der Waals surface area contributed by atoms with Gasteiger partial charge in [-0.05, 0) is 25.5 Å². The first-order valence-electron chi connectivity index (χ1n) is 8.24. The summed E-state index contributed by atoms with van der Waals surface area (Å²) in [6.07, 6.45) is 5.02. The molecule has 0 aliphatic heterocycles. The van der Waals surface area contributed by atoms with Crippen molar-refractivity contribution in [1.29, 1.82) is 0 Å². The first-order valence-corrected chi connectivity index (χ1v) is 9.06. The van der Waals surface area contributed by atoms with Crippen molar-refractivity contribution in [2.45, 2.75) is 33.1 Å². The predicted octanol–water partition coefficient (Wildman–Crippen LogP) is 1.94. The Morgan fingerprint density at radius 2 is 2.04 bits per heavy atom. The van der Waals surface area contributed by atoms with E-state index in [1.165, 1.54) is 4.52 Å². The van der Waals surface area contributed by atoms with Crippen molar-refractivity contribution in [2.24, 2.45) is 0 Å². The van der Waals surface area contributed by atoms with Gasteiger partial charge in [-0.1, -0.05) is 49.3 Å². The molecule has 0 bridgehead atoms. The number of unbranched alkanes of at least 4 members (excludes halogenated alkanes) is 2. The zero-order valence-electron chi connectivity index (χ0n) is 14.2. The molecule has 2 aromatic heterocycles. The van der Waals surface area contributed by atoms with E-state index >= 15 is 0 Å². The van der Waals surface area contributed by atoms with Gasteiger partial charge >= 0.3 is 0 Å². The van der Waals surface area contributed by atoms with Crippen LogP contribution in [0.4, 0.5) is 0 Å². The second-order valence-electron chi connectivity index (χ2n) is 5.71. The Morgan fingerprint density at radius 1 is 1.24 bits per heavy atom. The molecule has 25 heavy (non-hydrogen) atoms. The first kappa shape index (κ1) is 17.3. The zero-order chi connectivity index (χ0) is 17.8. The molecule has 0 aliphatic carbocycles. The van der Waals surface area contributed by atoms with Gasteiger partial charge in [0.2, 0.25) is 4.96 Å². The highest BCUT2D eigenvalue weighted by Crippen LogP contribution is 2.19. The third-order valence-electron chi connectivity index (χ3n) is 3.75. The van der Waals surface area contributed by atoms with Gasteiger partial charge in [0, 0.05) is 5.56 Å². The molecule has 1 aromatic carbocycles. The molecule has 0 amide bonds. The number of aryl methyl sites for hydroxylation is 1. The van der Waals surface area contributed by atoms with Gasteiger partial charge in [0.1, 0.15) is 11.4 Å². The van der Waals surface area contributed by atoms with E-state index in [0.717, 1.165) is 41.9 Å². The number of ether oxygens (including phenoxy) is 1. The fourth-order valence-corrected chi connectivity index (χ4v) is 3.29. The average Bonchev–Trinajstić information content (AvgIpc) is 2.89. The minimum absolute atomic E-state index is 0.207. The summed E-state index contributed by atoms with van der Waals surface area (Å²) < 4.78 is 7.49. The number of hydrogen-bond acceptors (Lipinski definition) is 6. The lowest BCUT2D eigenvalue weighted by Crippen LogP contribution is -2.27. The highest BCUT2D eigenvalue weighted by Gasteiger charge is 2.09. The number of nitrogens with zero attached hydrogens (tertiary/aromatic N) is 3. The fraction of sp³-hybridized carbons (Fsp3) is 0.333. The molecule has 3 rings (SSSR count). The van der Waals surface area contributed by atoms with E-state index in [2.05, 4.69) is 17.0 Å². The van der Waals surface area contributed by atoms with Crippen molar-refractivity contribution in [3.05, 3.63) is 60.8 Å². The monoisotopic (exact) mass is 357 g/mol. The maximum Gasteiger partial charge on any atom is 0.295 e. The molecule has 0 atom stereocenters. The molecule has 0 spiro atoms.